The van der Waals surface area contributed by atoms with Gasteiger partial charge in [0.2, 0.25) is 21.8 Å². The molecule has 0 aliphatic heterocycles. The molecule has 0 radical (unpaired) electrons. The standard InChI is InChI=1S/C20H26N4O4S/c1-15-3-4-18(13-16(15)2)29(27,28)24-12-8-19(25)22-11-7-20(26)23-14-17-5-9-21-10-6-17/h3-6,9-10,13,24H,7-8,11-12,14H2,1-2H3,(H,22,25)(H,23,26). The van der Waals surface area contributed by atoms with Crippen LogP contribution in [-0.2, 0) is 26.2 Å². The molecule has 0 spiro atoms. The average Bonchev–Trinajstić information content (AvgIpc) is 2.69. The van der Waals surface area contributed by atoms with Crippen molar-refractivity contribution in [3.05, 3.63) is 59.4 Å². The van der Waals surface area contributed by atoms with E-state index in [-0.39, 0.29) is 42.6 Å². The molecule has 9 heteroatoms. The summed E-state index contributed by atoms with van der Waals surface area (Å²) in [6.07, 6.45) is 3.43. The third-order valence-electron chi connectivity index (χ3n) is 4.35. The summed E-state index contributed by atoms with van der Waals surface area (Å²) in [5, 5.41) is 5.36. The number of pyridine rings is 1. The molecule has 0 saturated carbocycles. The van der Waals surface area contributed by atoms with Gasteiger partial charge in [0.1, 0.15) is 0 Å². The Morgan fingerprint density at radius 2 is 1.55 bits per heavy atom. The molecule has 0 bridgehead atoms. The minimum absolute atomic E-state index is 0.0112. The van der Waals surface area contributed by atoms with Gasteiger partial charge in [-0.3, -0.25) is 14.6 Å². The smallest absolute Gasteiger partial charge is 0.240 e. The summed E-state index contributed by atoms with van der Waals surface area (Å²) in [5.74, 6) is -0.507. The van der Waals surface area contributed by atoms with Crippen LogP contribution >= 0.6 is 0 Å². The maximum Gasteiger partial charge on any atom is 0.240 e. The highest BCUT2D eigenvalue weighted by Crippen LogP contribution is 2.14. The van der Waals surface area contributed by atoms with Crippen molar-refractivity contribution in [2.24, 2.45) is 0 Å². The Kier molecular flexibility index (Phi) is 8.29. The predicted molar refractivity (Wildman–Crippen MR) is 109 cm³/mol. The number of carbonyl (C=O) groups is 2. The first kappa shape index (κ1) is 22.5. The van der Waals surface area contributed by atoms with Crippen molar-refractivity contribution < 1.29 is 18.0 Å². The molecule has 1 heterocycles. The number of benzene rings is 1. The SMILES string of the molecule is Cc1ccc(S(=O)(=O)NCCC(=O)NCCC(=O)NCc2ccncc2)cc1C. The fourth-order valence-electron chi connectivity index (χ4n) is 2.46. The molecule has 156 valence electrons. The molecule has 8 nitrogen and oxygen atoms in total. The Morgan fingerprint density at radius 1 is 0.897 bits per heavy atom. The Morgan fingerprint density at radius 3 is 2.24 bits per heavy atom. The fourth-order valence-corrected chi connectivity index (χ4v) is 3.57. The van der Waals surface area contributed by atoms with Crippen LogP contribution < -0.4 is 15.4 Å². The fraction of sp³-hybridized carbons (Fsp3) is 0.350. The van der Waals surface area contributed by atoms with Crippen LogP contribution in [0.1, 0.15) is 29.5 Å². The first-order valence-electron chi connectivity index (χ1n) is 9.27. The number of sulfonamides is 1. The molecule has 0 atom stereocenters. The van der Waals surface area contributed by atoms with Crippen LogP contribution in [0.15, 0.2) is 47.6 Å². The molecule has 1 aromatic carbocycles. The van der Waals surface area contributed by atoms with Gasteiger partial charge in [0.25, 0.3) is 0 Å². The number of aryl methyl sites for hydroxylation is 2. The van der Waals surface area contributed by atoms with Crippen LogP contribution in [0.2, 0.25) is 0 Å². The van der Waals surface area contributed by atoms with Gasteiger partial charge >= 0.3 is 0 Å². The summed E-state index contributed by atoms with van der Waals surface area (Å²) in [6, 6.07) is 8.50. The Bertz CT molecular complexity index is 946. The van der Waals surface area contributed by atoms with E-state index in [9.17, 15) is 18.0 Å². The van der Waals surface area contributed by atoms with E-state index in [1.807, 2.05) is 13.8 Å². The van der Waals surface area contributed by atoms with E-state index < -0.39 is 10.0 Å². The molecule has 2 amide bonds. The number of nitrogens with zero attached hydrogens (tertiary/aromatic N) is 1. The normalized spacial score (nSPS) is 11.1. The van der Waals surface area contributed by atoms with E-state index in [1.54, 1.807) is 36.7 Å². The zero-order valence-corrected chi connectivity index (χ0v) is 17.4. The molecule has 2 aromatic rings. The maximum absolute atomic E-state index is 12.3. The zero-order valence-electron chi connectivity index (χ0n) is 16.6. The van der Waals surface area contributed by atoms with Gasteiger partial charge in [-0.25, -0.2) is 13.1 Å². The van der Waals surface area contributed by atoms with Crippen LogP contribution in [0.25, 0.3) is 0 Å². The van der Waals surface area contributed by atoms with Crippen molar-refractivity contribution in [1.82, 2.24) is 20.3 Å². The summed E-state index contributed by atoms with van der Waals surface area (Å²) < 4.78 is 27.0. The van der Waals surface area contributed by atoms with Crippen molar-refractivity contribution in [2.45, 2.75) is 38.1 Å². The number of hydrogen-bond donors (Lipinski definition) is 3. The van der Waals surface area contributed by atoms with E-state index in [0.29, 0.717) is 6.54 Å². The molecule has 0 unspecified atom stereocenters. The molecule has 0 aliphatic carbocycles. The minimum atomic E-state index is -3.66. The number of carbonyl (C=O) groups excluding carboxylic acids is 2. The van der Waals surface area contributed by atoms with Gasteiger partial charge in [-0.2, -0.15) is 0 Å². The minimum Gasteiger partial charge on any atom is -0.356 e. The van der Waals surface area contributed by atoms with Crippen LogP contribution in [-0.4, -0.2) is 38.3 Å². The first-order chi connectivity index (χ1) is 13.8. The molecule has 3 N–H and O–H groups in total. The van der Waals surface area contributed by atoms with Crippen molar-refractivity contribution in [3.8, 4) is 0 Å². The third-order valence-corrected chi connectivity index (χ3v) is 5.80. The van der Waals surface area contributed by atoms with Crippen LogP contribution in [0, 0.1) is 13.8 Å². The van der Waals surface area contributed by atoms with E-state index in [0.717, 1.165) is 16.7 Å². The first-order valence-corrected chi connectivity index (χ1v) is 10.8. The Hall–Kier alpha value is -2.78. The second kappa shape index (κ2) is 10.7. The van der Waals surface area contributed by atoms with Gasteiger partial charge in [-0.15, -0.1) is 0 Å². The summed E-state index contributed by atoms with van der Waals surface area (Å²) in [6.45, 7) is 4.31. The van der Waals surface area contributed by atoms with Crippen molar-refractivity contribution in [3.63, 3.8) is 0 Å². The third kappa shape index (κ3) is 7.63. The summed E-state index contributed by atoms with van der Waals surface area (Å²) >= 11 is 0. The lowest BCUT2D eigenvalue weighted by Gasteiger charge is -2.09. The van der Waals surface area contributed by atoms with Gasteiger partial charge in [0.15, 0.2) is 0 Å². The molecule has 0 aliphatic rings. The average molecular weight is 419 g/mol. The number of nitrogens with one attached hydrogen (secondary N) is 3. The largest absolute Gasteiger partial charge is 0.356 e. The number of rotatable bonds is 10. The maximum atomic E-state index is 12.3. The summed E-state index contributed by atoms with van der Waals surface area (Å²) in [4.78, 5) is 27.7. The van der Waals surface area contributed by atoms with Gasteiger partial charge in [-0.1, -0.05) is 6.07 Å². The van der Waals surface area contributed by atoms with E-state index >= 15 is 0 Å². The second-order valence-electron chi connectivity index (χ2n) is 6.63. The van der Waals surface area contributed by atoms with Gasteiger partial charge < -0.3 is 10.6 Å². The zero-order chi connectivity index (χ0) is 21.3. The lowest BCUT2D eigenvalue weighted by molar-refractivity contribution is -0.122. The molecule has 1 aromatic heterocycles. The van der Waals surface area contributed by atoms with Crippen LogP contribution in [0.4, 0.5) is 0 Å². The molecular formula is C20H26N4O4S. The number of aromatic nitrogens is 1. The van der Waals surface area contributed by atoms with Crippen molar-refractivity contribution in [1.29, 1.82) is 0 Å². The highest BCUT2D eigenvalue weighted by Gasteiger charge is 2.15. The highest BCUT2D eigenvalue weighted by molar-refractivity contribution is 7.89. The highest BCUT2D eigenvalue weighted by atomic mass is 32.2. The molecule has 0 fully saturated rings. The predicted octanol–water partition coefficient (Wildman–Crippen LogP) is 1.19. The van der Waals surface area contributed by atoms with Crippen LogP contribution in [0.3, 0.4) is 0 Å². The lowest BCUT2D eigenvalue weighted by Crippen LogP contribution is -2.33. The Labute approximate surface area is 171 Å². The van der Waals surface area contributed by atoms with E-state index in [1.165, 1.54) is 6.07 Å². The van der Waals surface area contributed by atoms with Crippen LogP contribution in [0.5, 0.6) is 0 Å². The van der Waals surface area contributed by atoms with E-state index in [2.05, 4.69) is 20.3 Å². The topological polar surface area (TPSA) is 117 Å². The lowest BCUT2D eigenvalue weighted by atomic mass is 10.1. The molecular weight excluding hydrogens is 392 g/mol. The molecule has 2 rings (SSSR count). The molecule has 0 saturated heterocycles. The van der Waals surface area contributed by atoms with Crippen molar-refractivity contribution >= 4 is 21.8 Å². The number of amides is 2. The Balaban J connectivity index is 1.65. The quantitative estimate of drug-likeness (QED) is 0.536. The van der Waals surface area contributed by atoms with E-state index in [4.69, 9.17) is 0 Å². The van der Waals surface area contributed by atoms with Gasteiger partial charge in [-0.05, 0) is 54.8 Å². The molecule has 29 heavy (non-hydrogen) atoms. The summed E-state index contributed by atoms with van der Waals surface area (Å²) in [5.41, 5.74) is 2.83. The van der Waals surface area contributed by atoms with Gasteiger partial charge in [0, 0.05) is 44.9 Å². The van der Waals surface area contributed by atoms with Gasteiger partial charge in [0.05, 0.1) is 4.90 Å². The summed E-state index contributed by atoms with van der Waals surface area (Å²) in [7, 11) is -3.66. The van der Waals surface area contributed by atoms with Crippen molar-refractivity contribution in [2.75, 3.05) is 13.1 Å². The number of hydrogen-bond acceptors (Lipinski definition) is 5. The second-order valence-corrected chi connectivity index (χ2v) is 8.39. The monoisotopic (exact) mass is 418 g/mol.